The topological polar surface area (TPSA) is 37.8 Å². The molecule has 0 saturated heterocycles. The summed E-state index contributed by atoms with van der Waals surface area (Å²) in [5.74, 6) is 0.992. The van der Waals surface area contributed by atoms with Crippen LogP contribution in [-0.2, 0) is 0 Å². The summed E-state index contributed by atoms with van der Waals surface area (Å²) in [6.07, 6.45) is 8.13. The summed E-state index contributed by atoms with van der Waals surface area (Å²) in [5, 5.41) is 5.68. The standard InChI is InChI=1S/C15H23N3S/c1-4-5-6-7-8-12(3)18-15-14-13(16-10-17-15)11(2)9-19-14/h9-10,12H,4-8H2,1-3H3,(H,16,17,18). The quantitative estimate of drug-likeness (QED) is 0.741. The monoisotopic (exact) mass is 277 g/mol. The van der Waals surface area contributed by atoms with Crippen molar-refractivity contribution in [3.8, 4) is 0 Å². The van der Waals surface area contributed by atoms with Crippen LogP contribution in [0.5, 0.6) is 0 Å². The van der Waals surface area contributed by atoms with Crippen molar-refractivity contribution in [2.24, 2.45) is 0 Å². The van der Waals surface area contributed by atoms with Crippen LogP contribution in [0.1, 0.15) is 51.5 Å². The number of aromatic nitrogens is 2. The Kier molecular flexibility index (Phi) is 5.14. The van der Waals surface area contributed by atoms with E-state index in [1.165, 1.54) is 42.4 Å². The predicted molar refractivity (Wildman–Crippen MR) is 84.0 cm³/mol. The van der Waals surface area contributed by atoms with Crippen LogP contribution in [0.3, 0.4) is 0 Å². The van der Waals surface area contributed by atoms with Gasteiger partial charge in [0.05, 0.1) is 10.2 Å². The van der Waals surface area contributed by atoms with E-state index in [4.69, 9.17) is 0 Å². The molecule has 0 aromatic carbocycles. The van der Waals surface area contributed by atoms with Crippen LogP contribution >= 0.6 is 11.3 Å². The van der Waals surface area contributed by atoms with Crippen LogP contribution in [-0.4, -0.2) is 16.0 Å². The fourth-order valence-electron chi connectivity index (χ4n) is 2.26. The van der Waals surface area contributed by atoms with Crippen LogP contribution in [0.4, 0.5) is 5.82 Å². The molecule has 2 aromatic rings. The van der Waals surface area contributed by atoms with Gasteiger partial charge in [0.2, 0.25) is 0 Å². The highest BCUT2D eigenvalue weighted by Crippen LogP contribution is 2.29. The number of hydrogen-bond acceptors (Lipinski definition) is 4. The molecular weight excluding hydrogens is 254 g/mol. The molecule has 0 radical (unpaired) electrons. The zero-order chi connectivity index (χ0) is 13.7. The van der Waals surface area contributed by atoms with E-state index in [1.54, 1.807) is 17.7 Å². The SMILES string of the molecule is CCCCCCC(C)Nc1ncnc2c(C)csc12. The van der Waals surface area contributed by atoms with Crippen molar-refractivity contribution in [3.63, 3.8) is 0 Å². The van der Waals surface area contributed by atoms with E-state index in [2.05, 4.69) is 41.4 Å². The number of aryl methyl sites for hydroxylation is 1. The smallest absolute Gasteiger partial charge is 0.147 e. The van der Waals surface area contributed by atoms with Gasteiger partial charge >= 0.3 is 0 Å². The molecule has 0 saturated carbocycles. The number of anilines is 1. The molecule has 1 unspecified atom stereocenters. The zero-order valence-electron chi connectivity index (χ0n) is 12.1. The average molecular weight is 277 g/mol. The molecule has 19 heavy (non-hydrogen) atoms. The Hall–Kier alpha value is -1.16. The molecule has 4 heteroatoms. The van der Waals surface area contributed by atoms with Gasteiger partial charge in [-0.2, -0.15) is 0 Å². The van der Waals surface area contributed by atoms with E-state index in [0.29, 0.717) is 6.04 Å². The van der Waals surface area contributed by atoms with Crippen LogP contribution in [0.25, 0.3) is 10.2 Å². The second-order valence-electron chi connectivity index (χ2n) is 5.21. The van der Waals surface area contributed by atoms with Gasteiger partial charge in [-0.05, 0) is 31.2 Å². The van der Waals surface area contributed by atoms with Gasteiger partial charge in [0.15, 0.2) is 0 Å². The molecule has 0 fully saturated rings. The maximum absolute atomic E-state index is 4.39. The molecule has 1 N–H and O–H groups in total. The Labute approximate surface area is 119 Å². The summed E-state index contributed by atoms with van der Waals surface area (Å²) in [4.78, 5) is 8.75. The fourth-order valence-corrected chi connectivity index (χ4v) is 3.21. The molecule has 2 rings (SSSR count). The first-order chi connectivity index (χ1) is 9.22. The van der Waals surface area contributed by atoms with Crippen molar-refractivity contribution in [1.82, 2.24) is 9.97 Å². The lowest BCUT2D eigenvalue weighted by Crippen LogP contribution is -2.16. The lowest BCUT2D eigenvalue weighted by molar-refractivity contribution is 0.593. The normalized spacial score (nSPS) is 12.8. The van der Waals surface area contributed by atoms with Gasteiger partial charge in [-0.3, -0.25) is 0 Å². The summed E-state index contributed by atoms with van der Waals surface area (Å²) in [5.41, 5.74) is 2.32. The van der Waals surface area contributed by atoms with E-state index in [-0.39, 0.29) is 0 Å². The molecule has 0 spiro atoms. The van der Waals surface area contributed by atoms with Crippen LogP contribution in [0.15, 0.2) is 11.7 Å². The number of rotatable bonds is 7. The van der Waals surface area contributed by atoms with Crippen molar-refractivity contribution < 1.29 is 0 Å². The minimum Gasteiger partial charge on any atom is -0.366 e. The first-order valence-corrected chi connectivity index (χ1v) is 8.05. The predicted octanol–water partition coefficient (Wildman–Crippen LogP) is 4.77. The van der Waals surface area contributed by atoms with Crippen molar-refractivity contribution in [1.29, 1.82) is 0 Å². The highest BCUT2D eigenvalue weighted by molar-refractivity contribution is 7.18. The molecule has 0 aliphatic carbocycles. The fraction of sp³-hybridized carbons (Fsp3) is 0.600. The molecule has 0 bridgehead atoms. The average Bonchev–Trinajstić information content (AvgIpc) is 2.78. The van der Waals surface area contributed by atoms with Crippen LogP contribution in [0.2, 0.25) is 0 Å². The molecule has 3 nitrogen and oxygen atoms in total. The molecule has 1 atom stereocenters. The van der Waals surface area contributed by atoms with Crippen molar-refractivity contribution in [3.05, 3.63) is 17.3 Å². The van der Waals surface area contributed by atoms with Gasteiger partial charge in [0.1, 0.15) is 12.1 Å². The maximum atomic E-state index is 4.39. The first-order valence-electron chi connectivity index (χ1n) is 7.17. The van der Waals surface area contributed by atoms with Gasteiger partial charge in [-0.1, -0.05) is 32.6 Å². The van der Waals surface area contributed by atoms with Gasteiger partial charge in [-0.25, -0.2) is 9.97 Å². The van der Waals surface area contributed by atoms with Crippen molar-refractivity contribution >= 4 is 27.4 Å². The molecule has 0 aliphatic heterocycles. The minimum atomic E-state index is 0.470. The Morgan fingerprint density at radius 3 is 2.89 bits per heavy atom. The van der Waals surface area contributed by atoms with Crippen molar-refractivity contribution in [2.45, 2.75) is 58.9 Å². The van der Waals surface area contributed by atoms with Crippen molar-refractivity contribution in [2.75, 3.05) is 5.32 Å². The Balaban J connectivity index is 1.97. The van der Waals surface area contributed by atoms with E-state index in [0.717, 1.165) is 11.3 Å². The van der Waals surface area contributed by atoms with Crippen LogP contribution in [0, 0.1) is 6.92 Å². The molecule has 104 valence electrons. The van der Waals surface area contributed by atoms with E-state index >= 15 is 0 Å². The minimum absolute atomic E-state index is 0.470. The zero-order valence-corrected chi connectivity index (χ0v) is 12.9. The summed E-state index contributed by atoms with van der Waals surface area (Å²) in [6, 6.07) is 0.470. The Morgan fingerprint density at radius 1 is 1.26 bits per heavy atom. The molecular formula is C15H23N3S. The number of thiophene rings is 1. The summed E-state index contributed by atoms with van der Waals surface area (Å²) in [6.45, 7) is 6.59. The summed E-state index contributed by atoms with van der Waals surface area (Å²) in [7, 11) is 0. The molecule has 0 aliphatic rings. The number of fused-ring (bicyclic) bond motifs is 1. The number of unbranched alkanes of at least 4 members (excludes halogenated alkanes) is 3. The Bertz CT molecular complexity index is 521. The van der Waals surface area contributed by atoms with Gasteiger partial charge in [-0.15, -0.1) is 11.3 Å². The molecule has 2 aromatic heterocycles. The number of nitrogens with one attached hydrogen (secondary N) is 1. The van der Waals surface area contributed by atoms with Crippen LogP contribution < -0.4 is 5.32 Å². The molecule has 2 heterocycles. The maximum Gasteiger partial charge on any atom is 0.147 e. The van der Waals surface area contributed by atoms with E-state index in [9.17, 15) is 0 Å². The highest BCUT2D eigenvalue weighted by Gasteiger charge is 2.10. The second kappa shape index (κ2) is 6.85. The van der Waals surface area contributed by atoms with Gasteiger partial charge < -0.3 is 5.32 Å². The number of nitrogens with zero attached hydrogens (tertiary/aromatic N) is 2. The Morgan fingerprint density at radius 2 is 2.11 bits per heavy atom. The van der Waals surface area contributed by atoms with E-state index < -0.39 is 0 Å². The largest absolute Gasteiger partial charge is 0.366 e. The number of hydrogen-bond donors (Lipinski definition) is 1. The summed E-state index contributed by atoms with van der Waals surface area (Å²) < 4.78 is 1.18. The molecule has 0 amide bonds. The van der Waals surface area contributed by atoms with Gasteiger partial charge in [0, 0.05) is 6.04 Å². The lowest BCUT2D eigenvalue weighted by Gasteiger charge is -2.14. The summed E-state index contributed by atoms with van der Waals surface area (Å²) >= 11 is 1.73. The third-order valence-electron chi connectivity index (χ3n) is 3.40. The van der Waals surface area contributed by atoms with Gasteiger partial charge in [0.25, 0.3) is 0 Å². The second-order valence-corrected chi connectivity index (χ2v) is 6.09. The third kappa shape index (κ3) is 3.66. The highest BCUT2D eigenvalue weighted by atomic mass is 32.1. The van der Waals surface area contributed by atoms with E-state index in [1.807, 2.05) is 0 Å². The first kappa shape index (κ1) is 14.3. The lowest BCUT2D eigenvalue weighted by atomic mass is 10.1. The third-order valence-corrected chi connectivity index (χ3v) is 4.50.